The molecule has 0 bridgehead atoms. The van der Waals surface area contributed by atoms with Crippen LogP contribution in [0.25, 0.3) is 10.9 Å². The van der Waals surface area contributed by atoms with Gasteiger partial charge in [-0.05, 0) is 50.0 Å². The Morgan fingerprint density at radius 1 is 1.30 bits per heavy atom. The molecule has 23 heavy (non-hydrogen) atoms. The lowest BCUT2D eigenvalue weighted by atomic mass is 9.96. The molecular formula is C18H22ClN3O. The van der Waals surface area contributed by atoms with Crippen LogP contribution in [0.15, 0.2) is 30.3 Å². The minimum Gasteiger partial charge on any atom is -0.337 e. The average molecular weight is 332 g/mol. The largest absolute Gasteiger partial charge is 0.337 e. The molecule has 0 spiro atoms. The van der Waals surface area contributed by atoms with Gasteiger partial charge in [-0.15, -0.1) is 0 Å². The van der Waals surface area contributed by atoms with Gasteiger partial charge in [0, 0.05) is 23.5 Å². The van der Waals surface area contributed by atoms with Gasteiger partial charge in [-0.2, -0.15) is 0 Å². The highest BCUT2D eigenvalue weighted by atomic mass is 35.5. The number of piperidine rings is 1. The smallest absolute Gasteiger partial charge is 0.272 e. The van der Waals surface area contributed by atoms with E-state index >= 15 is 0 Å². The SMILES string of the molecule is CCNCC1CCN(C(=O)c2ccc3ccc(Cl)cc3n2)CC1. The molecular weight excluding hydrogens is 310 g/mol. The average Bonchev–Trinajstić information content (AvgIpc) is 2.59. The summed E-state index contributed by atoms with van der Waals surface area (Å²) in [7, 11) is 0. The number of nitrogens with one attached hydrogen (secondary N) is 1. The van der Waals surface area contributed by atoms with Crippen molar-refractivity contribution in [1.82, 2.24) is 15.2 Å². The number of nitrogens with zero attached hydrogens (tertiary/aromatic N) is 2. The number of hydrogen-bond acceptors (Lipinski definition) is 3. The van der Waals surface area contributed by atoms with Gasteiger partial charge in [0.2, 0.25) is 0 Å². The Bertz CT molecular complexity index is 696. The molecule has 2 heterocycles. The lowest BCUT2D eigenvalue weighted by Gasteiger charge is -2.32. The van der Waals surface area contributed by atoms with Gasteiger partial charge >= 0.3 is 0 Å². The van der Waals surface area contributed by atoms with Crippen LogP contribution in [0.2, 0.25) is 5.02 Å². The lowest BCUT2D eigenvalue weighted by Crippen LogP contribution is -2.41. The molecule has 1 fully saturated rings. The van der Waals surface area contributed by atoms with Crippen LogP contribution < -0.4 is 5.32 Å². The van der Waals surface area contributed by atoms with Crippen molar-refractivity contribution in [3.8, 4) is 0 Å². The van der Waals surface area contributed by atoms with Gasteiger partial charge in [0.15, 0.2) is 0 Å². The molecule has 1 aliphatic heterocycles. The van der Waals surface area contributed by atoms with E-state index in [2.05, 4.69) is 17.2 Å². The molecule has 4 nitrogen and oxygen atoms in total. The number of pyridine rings is 1. The van der Waals surface area contributed by atoms with Gasteiger partial charge in [-0.25, -0.2) is 4.98 Å². The Hall–Kier alpha value is -1.65. The topological polar surface area (TPSA) is 45.2 Å². The van der Waals surface area contributed by atoms with E-state index in [0.29, 0.717) is 16.6 Å². The quantitative estimate of drug-likeness (QED) is 0.934. The van der Waals surface area contributed by atoms with Crippen LogP contribution in [-0.2, 0) is 0 Å². The predicted octanol–water partition coefficient (Wildman–Crippen LogP) is 3.35. The Kier molecular flexibility index (Phi) is 5.13. The number of aromatic nitrogens is 1. The van der Waals surface area contributed by atoms with Crippen LogP contribution in [0.4, 0.5) is 0 Å². The summed E-state index contributed by atoms with van der Waals surface area (Å²) in [5, 5.41) is 5.02. The minimum atomic E-state index is 0.0220. The molecule has 1 aromatic carbocycles. The van der Waals surface area contributed by atoms with Crippen molar-refractivity contribution in [2.24, 2.45) is 5.92 Å². The van der Waals surface area contributed by atoms with E-state index in [9.17, 15) is 4.79 Å². The van der Waals surface area contributed by atoms with Crippen molar-refractivity contribution >= 4 is 28.4 Å². The third-order valence-corrected chi connectivity index (χ3v) is 4.69. The van der Waals surface area contributed by atoms with Crippen LogP contribution in [-0.4, -0.2) is 42.0 Å². The summed E-state index contributed by atoms with van der Waals surface area (Å²) < 4.78 is 0. The number of amides is 1. The van der Waals surface area contributed by atoms with Crippen LogP contribution in [0.5, 0.6) is 0 Å². The second-order valence-electron chi connectivity index (χ2n) is 6.08. The summed E-state index contributed by atoms with van der Waals surface area (Å²) in [6.07, 6.45) is 2.11. The number of fused-ring (bicyclic) bond motifs is 1. The van der Waals surface area contributed by atoms with E-state index in [1.165, 1.54) is 0 Å². The maximum atomic E-state index is 12.7. The number of rotatable bonds is 4. The molecule has 1 amide bonds. The fraction of sp³-hybridized carbons (Fsp3) is 0.444. The highest BCUT2D eigenvalue weighted by molar-refractivity contribution is 6.31. The molecule has 5 heteroatoms. The van der Waals surface area contributed by atoms with E-state index in [4.69, 9.17) is 11.6 Å². The maximum absolute atomic E-state index is 12.7. The number of halogens is 1. The molecule has 3 rings (SSSR count). The first-order chi connectivity index (χ1) is 11.2. The van der Waals surface area contributed by atoms with E-state index in [1.807, 2.05) is 29.2 Å². The normalized spacial score (nSPS) is 16.0. The van der Waals surface area contributed by atoms with Crippen LogP contribution in [0.1, 0.15) is 30.3 Å². The van der Waals surface area contributed by atoms with Crippen molar-refractivity contribution in [3.05, 3.63) is 41.0 Å². The standard InChI is InChI=1S/C18H22ClN3O/c1-2-20-12-13-7-9-22(10-8-13)18(23)16-6-4-14-3-5-15(19)11-17(14)21-16/h3-6,11,13,20H,2,7-10,12H2,1H3. The zero-order chi connectivity index (χ0) is 16.2. The molecule has 122 valence electrons. The third kappa shape index (κ3) is 3.82. The number of carbonyl (C=O) groups excluding carboxylic acids is 1. The molecule has 1 N–H and O–H groups in total. The van der Waals surface area contributed by atoms with Gasteiger partial charge in [0.1, 0.15) is 5.69 Å². The summed E-state index contributed by atoms with van der Waals surface area (Å²) in [6, 6.07) is 9.30. The Labute approximate surface area is 141 Å². The minimum absolute atomic E-state index is 0.0220. The first-order valence-electron chi connectivity index (χ1n) is 8.23. The number of likely N-dealkylation sites (tertiary alicyclic amines) is 1. The molecule has 0 aliphatic carbocycles. The molecule has 0 radical (unpaired) electrons. The van der Waals surface area contributed by atoms with Crippen molar-refractivity contribution in [2.45, 2.75) is 19.8 Å². The molecule has 0 saturated carbocycles. The van der Waals surface area contributed by atoms with E-state index in [0.717, 1.165) is 49.9 Å². The summed E-state index contributed by atoms with van der Waals surface area (Å²) >= 11 is 6.02. The lowest BCUT2D eigenvalue weighted by molar-refractivity contribution is 0.0685. The number of hydrogen-bond donors (Lipinski definition) is 1. The fourth-order valence-electron chi connectivity index (χ4n) is 3.06. The highest BCUT2D eigenvalue weighted by Crippen LogP contribution is 2.21. The maximum Gasteiger partial charge on any atom is 0.272 e. The summed E-state index contributed by atoms with van der Waals surface area (Å²) in [4.78, 5) is 19.1. The van der Waals surface area contributed by atoms with Crippen LogP contribution in [0, 0.1) is 5.92 Å². The van der Waals surface area contributed by atoms with E-state index in [-0.39, 0.29) is 5.91 Å². The predicted molar refractivity (Wildman–Crippen MR) is 93.9 cm³/mol. The highest BCUT2D eigenvalue weighted by Gasteiger charge is 2.24. The zero-order valence-electron chi connectivity index (χ0n) is 13.4. The Morgan fingerprint density at radius 2 is 2.04 bits per heavy atom. The van der Waals surface area contributed by atoms with Gasteiger partial charge in [-0.3, -0.25) is 4.79 Å². The van der Waals surface area contributed by atoms with Gasteiger partial charge in [0.25, 0.3) is 5.91 Å². The van der Waals surface area contributed by atoms with Crippen LogP contribution >= 0.6 is 11.6 Å². The second-order valence-corrected chi connectivity index (χ2v) is 6.51. The molecule has 0 atom stereocenters. The Morgan fingerprint density at radius 3 is 2.78 bits per heavy atom. The van der Waals surface area contributed by atoms with Crippen molar-refractivity contribution < 1.29 is 4.79 Å². The van der Waals surface area contributed by atoms with E-state index in [1.54, 1.807) is 6.07 Å². The van der Waals surface area contributed by atoms with Crippen LogP contribution in [0.3, 0.4) is 0 Å². The first-order valence-corrected chi connectivity index (χ1v) is 8.61. The number of benzene rings is 1. The summed E-state index contributed by atoms with van der Waals surface area (Å²) in [5.74, 6) is 0.691. The third-order valence-electron chi connectivity index (χ3n) is 4.46. The van der Waals surface area contributed by atoms with Gasteiger partial charge < -0.3 is 10.2 Å². The molecule has 2 aromatic rings. The zero-order valence-corrected chi connectivity index (χ0v) is 14.1. The summed E-state index contributed by atoms with van der Waals surface area (Å²) in [5.41, 5.74) is 1.27. The van der Waals surface area contributed by atoms with Crippen molar-refractivity contribution in [2.75, 3.05) is 26.2 Å². The molecule has 0 unspecified atom stereocenters. The molecule has 1 aromatic heterocycles. The Balaban J connectivity index is 1.69. The summed E-state index contributed by atoms with van der Waals surface area (Å²) in [6.45, 7) is 5.79. The second kappa shape index (κ2) is 7.28. The molecule has 1 saturated heterocycles. The van der Waals surface area contributed by atoms with E-state index < -0.39 is 0 Å². The van der Waals surface area contributed by atoms with Crippen molar-refractivity contribution in [3.63, 3.8) is 0 Å². The van der Waals surface area contributed by atoms with Gasteiger partial charge in [0.05, 0.1) is 5.52 Å². The number of carbonyl (C=O) groups is 1. The van der Waals surface area contributed by atoms with Gasteiger partial charge in [-0.1, -0.05) is 30.7 Å². The first kappa shape index (κ1) is 16.2. The molecule has 1 aliphatic rings. The van der Waals surface area contributed by atoms with Crippen molar-refractivity contribution in [1.29, 1.82) is 0 Å². The fourth-order valence-corrected chi connectivity index (χ4v) is 3.23. The monoisotopic (exact) mass is 331 g/mol.